The molecule has 0 aliphatic heterocycles. The SMILES string of the molecule is O=C(O)COc1ccc(C(=O)/C=C/c2ccc(F)cc2)cc1. The summed E-state index contributed by atoms with van der Waals surface area (Å²) in [6.45, 7) is -0.433. The van der Waals surface area contributed by atoms with Gasteiger partial charge in [0.1, 0.15) is 11.6 Å². The maximum Gasteiger partial charge on any atom is 0.341 e. The average molecular weight is 300 g/mol. The minimum atomic E-state index is -1.07. The van der Waals surface area contributed by atoms with Crippen LogP contribution >= 0.6 is 0 Å². The number of carbonyl (C=O) groups is 2. The van der Waals surface area contributed by atoms with E-state index in [0.29, 0.717) is 11.3 Å². The fraction of sp³-hybridized carbons (Fsp3) is 0.0588. The molecule has 4 nitrogen and oxygen atoms in total. The van der Waals surface area contributed by atoms with Gasteiger partial charge in [-0.1, -0.05) is 18.2 Å². The molecule has 0 saturated heterocycles. The van der Waals surface area contributed by atoms with Crippen LogP contribution in [-0.2, 0) is 4.79 Å². The molecule has 0 amide bonds. The number of ketones is 1. The zero-order valence-electron chi connectivity index (χ0n) is 11.5. The number of halogens is 1. The van der Waals surface area contributed by atoms with Gasteiger partial charge in [0, 0.05) is 5.56 Å². The summed E-state index contributed by atoms with van der Waals surface area (Å²) >= 11 is 0. The molecule has 2 aromatic carbocycles. The Balaban J connectivity index is 2.00. The number of allylic oxidation sites excluding steroid dienone is 1. The fourth-order valence-electron chi connectivity index (χ4n) is 1.70. The van der Waals surface area contributed by atoms with Gasteiger partial charge < -0.3 is 9.84 Å². The van der Waals surface area contributed by atoms with Gasteiger partial charge in [0.05, 0.1) is 0 Å². The Bertz CT molecular complexity index is 688. The molecular weight excluding hydrogens is 287 g/mol. The molecule has 0 atom stereocenters. The summed E-state index contributed by atoms with van der Waals surface area (Å²) < 4.78 is 17.7. The molecule has 0 heterocycles. The van der Waals surface area contributed by atoms with Crippen LogP contribution in [0, 0.1) is 5.82 Å². The summed E-state index contributed by atoms with van der Waals surface area (Å²) in [6, 6.07) is 11.9. The van der Waals surface area contributed by atoms with E-state index >= 15 is 0 Å². The second-order valence-electron chi connectivity index (χ2n) is 4.46. The van der Waals surface area contributed by atoms with E-state index in [1.807, 2.05) is 0 Å². The second-order valence-corrected chi connectivity index (χ2v) is 4.46. The summed E-state index contributed by atoms with van der Waals surface area (Å²) in [5.41, 5.74) is 1.16. The number of ether oxygens (including phenoxy) is 1. The second kappa shape index (κ2) is 7.17. The van der Waals surface area contributed by atoms with Gasteiger partial charge in [-0.15, -0.1) is 0 Å². The van der Waals surface area contributed by atoms with Gasteiger partial charge in [0.2, 0.25) is 0 Å². The highest BCUT2D eigenvalue weighted by Crippen LogP contribution is 2.13. The van der Waals surface area contributed by atoms with Gasteiger partial charge in [-0.05, 0) is 48.0 Å². The van der Waals surface area contributed by atoms with E-state index in [0.717, 1.165) is 5.56 Å². The van der Waals surface area contributed by atoms with Crippen molar-refractivity contribution in [1.82, 2.24) is 0 Å². The molecule has 112 valence electrons. The van der Waals surface area contributed by atoms with Crippen molar-refractivity contribution < 1.29 is 23.8 Å². The van der Waals surface area contributed by atoms with Crippen LogP contribution in [0.15, 0.2) is 54.6 Å². The lowest BCUT2D eigenvalue weighted by Gasteiger charge is -2.03. The van der Waals surface area contributed by atoms with E-state index in [1.54, 1.807) is 30.3 Å². The van der Waals surface area contributed by atoms with Gasteiger partial charge in [-0.2, -0.15) is 0 Å². The maximum atomic E-state index is 12.8. The van der Waals surface area contributed by atoms with Crippen molar-refractivity contribution in [3.63, 3.8) is 0 Å². The lowest BCUT2D eigenvalue weighted by atomic mass is 10.1. The summed E-state index contributed by atoms with van der Waals surface area (Å²) in [7, 11) is 0. The molecule has 0 aliphatic carbocycles. The molecule has 0 radical (unpaired) electrons. The van der Waals surface area contributed by atoms with Crippen LogP contribution in [0.3, 0.4) is 0 Å². The minimum Gasteiger partial charge on any atom is -0.482 e. The number of carboxylic acid groups (broad SMARTS) is 1. The number of hydrogen-bond donors (Lipinski definition) is 1. The third-order valence-corrected chi connectivity index (χ3v) is 2.80. The molecule has 2 rings (SSSR count). The Hall–Kier alpha value is -2.95. The standard InChI is InChI=1S/C17H13FO4/c18-14-6-1-12(2-7-14)3-10-16(19)13-4-8-15(9-5-13)22-11-17(20)21/h1-10H,11H2,(H,20,21)/b10-3+. The van der Waals surface area contributed by atoms with Gasteiger partial charge in [0.15, 0.2) is 12.4 Å². The van der Waals surface area contributed by atoms with E-state index in [9.17, 15) is 14.0 Å². The molecular formula is C17H13FO4. The van der Waals surface area contributed by atoms with Crippen LogP contribution < -0.4 is 4.74 Å². The first-order chi connectivity index (χ1) is 10.5. The van der Waals surface area contributed by atoms with Crippen molar-refractivity contribution in [2.75, 3.05) is 6.61 Å². The lowest BCUT2D eigenvalue weighted by Crippen LogP contribution is -2.09. The first-order valence-electron chi connectivity index (χ1n) is 6.47. The summed E-state index contributed by atoms with van der Waals surface area (Å²) in [5, 5.41) is 8.50. The zero-order valence-corrected chi connectivity index (χ0v) is 11.5. The van der Waals surface area contributed by atoms with Crippen molar-refractivity contribution in [3.8, 4) is 5.75 Å². The first-order valence-corrected chi connectivity index (χ1v) is 6.47. The van der Waals surface area contributed by atoms with Crippen LogP contribution in [-0.4, -0.2) is 23.5 Å². The maximum absolute atomic E-state index is 12.8. The summed E-state index contributed by atoms with van der Waals surface area (Å²) in [6.07, 6.45) is 2.98. The van der Waals surface area contributed by atoms with Crippen molar-refractivity contribution in [2.24, 2.45) is 0 Å². The molecule has 2 aromatic rings. The van der Waals surface area contributed by atoms with Gasteiger partial charge in [-0.3, -0.25) is 4.79 Å². The van der Waals surface area contributed by atoms with Gasteiger partial charge >= 0.3 is 5.97 Å². The number of carboxylic acids is 1. The Labute approximate surface area is 126 Å². The number of benzene rings is 2. The van der Waals surface area contributed by atoms with Crippen LogP contribution in [0.25, 0.3) is 6.08 Å². The third kappa shape index (κ3) is 4.56. The Morgan fingerprint density at radius 1 is 1.05 bits per heavy atom. The molecule has 0 aliphatic rings. The largest absolute Gasteiger partial charge is 0.482 e. The predicted molar refractivity (Wildman–Crippen MR) is 79.3 cm³/mol. The van der Waals surface area contributed by atoms with Crippen molar-refractivity contribution in [3.05, 3.63) is 71.6 Å². The highest BCUT2D eigenvalue weighted by molar-refractivity contribution is 6.06. The summed E-state index contributed by atoms with van der Waals surface area (Å²) in [5.74, 6) is -1.24. The fourth-order valence-corrected chi connectivity index (χ4v) is 1.70. The normalized spacial score (nSPS) is 10.6. The van der Waals surface area contributed by atoms with Crippen LogP contribution in [0.5, 0.6) is 5.75 Å². The summed E-state index contributed by atoms with van der Waals surface area (Å²) in [4.78, 5) is 22.3. The first kappa shape index (κ1) is 15.4. The third-order valence-electron chi connectivity index (χ3n) is 2.80. The number of hydrogen-bond acceptors (Lipinski definition) is 3. The Kier molecular flexibility index (Phi) is 5.03. The number of rotatable bonds is 6. The van der Waals surface area contributed by atoms with Crippen molar-refractivity contribution in [2.45, 2.75) is 0 Å². The van der Waals surface area contributed by atoms with Crippen LogP contribution in [0.1, 0.15) is 15.9 Å². The molecule has 0 bridgehead atoms. The molecule has 0 aromatic heterocycles. The smallest absolute Gasteiger partial charge is 0.341 e. The van der Waals surface area contributed by atoms with E-state index in [1.165, 1.54) is 30.3 Å². The van der Waals surface area contributed by atoms with Crippen molar-refractivity contribution in [1.29, 1.82) is 0 Å². The van der Waals surface area contributed by atoms with Gasteiger partial charge in [0.25, 0.3) is 0 Å². The van der Waals surface area contributed by atoms with Crippen LogP contribution in [0.4, 0.5) is 4.39 Å². The minimum absolute atomic E-state index is 0.214. The predicted octanol–water partition coefficient (Wildman–Crippen LogP) is 3.19. The van der Waals surface area contributed by atoms with Crippen molar-refractivity contribution >= 4 is 17.8 Å². The highest BCUT2D eigenvalue weighted by atomic mass is 19.1. The molecule has 0 unspecified atom stereocenters. The number of aliphatic carboxylic acids is 1. The quantitative estimate of drug-likeness (QED) is 0.657. The van der Waals surface area contributed by atoms with E-state index in [4.69, 9.17) is 9.84 Å². The van der Waals surface area contributed by atoms with E-state index in [2.05, 4.69) is 0 Å². The topological polar surface area (TPSA) is 63.6 Å². The zero-order chi connectivity index (χ0) is 15.9. The molecule has 0 saturated carbocycles. The molecule has 1 N–H and O–H groups in total. The molecule has 0 spiro atoms. The Morgan fingerprint density at radius 2 is 1.68 bits per heavy atom. The van der Waals surface area contributed by atoms with Crippen LogP contribution in [0.2, 0.25) is 0 Å². The van der Waals surface area contributed by atoms with Gasteiger partial charge in [-0.25, -0.2) is 9.18 Å². The molecule has 22 heavy (non-hydrogen) atoms. The van der Waals surface area contributed by atoms with E-state index < -0.39 is 12.6 Å². The molecule has 5 heteroatoms. The monoisotopic (exact) mass is 300 g/mol. The highest BCUT2D eigenvalue weighted by Gasteiger charge is 2.03. The number of carbonyl (C=O) groups excluding carboxylic acids is 1. The molecule has 0 fully saturated rings. The Morgan fingerprint density at radius 3 is 2.27 bits per heavy atom. The average Bonchev–Trinajstić information content (AvgIpc) is 2.52. The van der Waals surface area contributed by atoms with E-state index in [-0.39, 0.29) is 11.6 Å². The lowest BCUT2D eigenvalue weighted by molar-refractivity contribution is -0.139.